The molecule has 0 saturated heterocycles. The third-order valence-corrected chi connectivity index (χ3v) is 4.04. The molecular formula is C17H22N4O. The van der Waals surface area contributed by atoms with Crippen molar-refractivity contribution in [3.8, 4) is 0 Å². The van der Waals surface area contributed by atoms with Gasteiger partial charge in [0.1, 0.15) is 0 Å². The summed E-state index contributed by atoms with van der Waals surface area (Å²) in [5.74, 6) is 0.615. The molecule has 2 amide bonds. The summed E-state index contributed by atoms with van der Waals surface area (Å²) in [6.07, 6.45) is 8.74. The molecule has 5 heteroatoms. The van der Waals surface area contributed by atoms with E-state index in [1.165, 1.54) is 18.4 Å². The van der Waals surface area contributed by atoms with Gasteiger partial charge in [0.2, 0.25) is 0 Å². The normalized spacial score (nSPS) is 15.3. The van der Waals surface area contributed by atoms with Crippen molar-refractivity contribution < 1.29 is 4.79 Å². The van der Waals surface area contributed by atoms with Crippen LogP contribution < -0.4 is 10.6 Å². The summed E-state index contributed by atoms with van der Waals surface area (Å²) in [7, 11) is 0. The molecule has 0 spiro atoms. The third-order valence-electron chi connectivity index (χ3n) is 4.04. The van der Waals surface area contributed by atoms with Crippen molar-refractivity contribution in [2.24, 2.45) is 0 Å². The van der Waals surface area contributed by atoms with Crippen LogP contribution in [0, 0.1) is 0 Å². The molecule has 1 aliphatic rings. The molecule has 0 radical (unpaired) electrons. The molecule has 116 valence electrons. The van der Waals surface area contributed by atoms with Crippen LogP contribution in [0.5, 0.6) is 0 Å². The van der Waals surface area contributed by atoms with Crippen molar-refractivity contribution in [3.63, 3.8) is 0 Å². The number of amides is 2. The van der Waals surface area contributed by atoms with Crippen LogP contribution in [-0.2, 0) is 6.54 Å². The highest BCUT2D eigenvalue weighted by atomic mass is 16.2. The van der Waals surface area contributed by atoms with Gasteiger partial charge in [-0.2, -0.15) is 0 Å². The van der Waals surface area contributed by atoms with Gasteiger partial charge in [0.25, 0.3) is 0 Å². The lowest BCUT2D eigenvalue weighted by Crippen LogP contribution is -2.40. The van der Waals surface area contributed by atoms with E-state index in [-0.39, 0.29) is 12.1 Å². The second-order valence-electron chi connectivity index (χ2n) is 5.82. The molecule has 1 aromatic heterocycles. The summed E-state index contributed by atoms with van der Waals surface area (Å²) in [5.41, 5.74) is 2.18. The zero-order chi connectivity index (χ0) is 15.4. The minimum atomic E-state index is -0.139. The smallest absolute Gasteiger partial charge is 0.319 e. The average Bonchev–Trinajstić information content (AvgIpc) is 3.24. The van der Waals surface area contributed by atoms with E-state index in [9.17, 15) is 4.79 Å². The maximum Gasteiger partial charge on any atom is 0.319 e. The monoisotopic (exact) mass is 298 g/mol. The molecule has 1 heterocycles. The standard InChI is InChI=1S/C17H22N4O/c1-2-14(11-21-10-9-18-12-21)19-17(22)20-16-6-4-3-5-15(16)13-7-8-13/h3-6,9-10,12-14H,2,7-8,11H2,1H3,(H2,19,20,22)/t14-/m1/s1. The van der Waals surface area contributed by atoms with Gasteiger partial charge in [-0.05, 0) is 36.8 Å². The molecular weight excluding hydrogens is 276 g/mol. The minimum Gasteiger partial charge on any atom is -0.335 e. The summed E-state index contributed by atoms with van der Waals surface area (Å²) in [6.45, 7) is 2.80. The maximum absolute atomic E-state index is 12.3. The number of carbonyl (C=O) groups excluding carboxylic acids is 1. The number of benzene rings is 1. The summed E-state index contributed by atoms with van der Waals surface area (Å²) in [6, 6.07) is 8.03. The van der Waals surface area contributed by atoms with Crippen LogP contribution in [0.4, 0.5) is 10.5 Å². The molecule has 2 N–H and O–H groups in total. The topological polar surface area (TPSA) is 59.0 Å². The molecule has 5 nitrogen and oxygen atoms in total. The Morgan fingerprint density at radius 1 is 1.41 bits per heavy atom. The van der Waals surface area contributed by atoms with Gasteiger partial charge in [-0.3, -0.25) is 0 Å². The first-order valence-corrected chi connectivity index (χ1v) is 7.88. The molecule has 3 rings (SSSR count). The Morgan fingerprint density at radius 3 is 2.91 bits per heavy atom. The number of carbonyl (C=O) groups is 1. The fraction of sp³-hybridized carbons (Fsp3) is 0.412. The highest BCUT2D eigenvalue weighted by molar-refractivity contribution is 5.90. The zero-order valence-corrected chi connectivity index (χ0v) is 12.8. The summed E-state index contributed by atoms with van der Waals surface area (Å²) < 4.78 is 1.98. The minimum absolute atomic E-state index is 0.0855. The highest BCUT2D eigenvalue weighted by Gasteiger charge is 2.26. The number of urea groups is 1. The largest absolute Gasteiger partial charge is 0.335 e. The zero-order valence-electron chi connectivity index (χ0n) is 12.8. The molecule has 2 aromatic rings. The van der Waals surface area contributed by atoms with E-state index in [4.69, 9.17) is 0 Å². The van der Waals surface area contributed by atoms with Crippen LogP contribution in [-0.4, -0.2) is 21.6 Å². The first-order valence-electron chi connectivity index (χ1n) is 7.88. The van der Waals surface area contributed by atoms with Crippen LogP contribution in [0.3, 0.4) is 0 Å². The van der Waals surface area contributed by atoms with Crippen LogP contribution >= 0.6 is 0 Å². The van der Waals surface area contributed by atoms with Crippen molar-refractivity contribution in [1.29, 1.82) is 0 Å². The Kier molecular flexibility index (Phi) is 4.42. The van der Waals surface area contributed by atoms with Gasteiger partial charge in [0, 0.05) is 30.7 Å². The number of hydrogen-bond acceptors (Lipinski definition) is 2. The number of nitrogens with zero attached hydrogens (tertiary/aromatic N) is 2. The van der Waals surface area contributed by atoms with Gasteiger partial charge in [-0.15, -0.1) is 0 Å². The van der Waals surface area contributed by atoms with E-state index in [0.29, 0.717) is 5.92 Å². The Balaban J connectivity index is 1.59. The maximum atomic E-state index is 12.3. The van der Waals surface area contributed by atoms with Crippen molar-refractivity contribution in [2.45, 2.75) is 44.7 Å². The molecule has 0 aliphatic heterocycles. The van der Waals surface area contributed by atoms with Crippen molar-refractivity contribution in [3.05, 3.63) is 48.5 Å². The van der Waals surface area contributed by atoms with Crippen LogP contribution in [0.1, 0.15) is 37.7 Å². The first kappa shape index (κ1) is 14.6. The molecule has 22 heavy (non-hydrogen) atoms. The summed E-state index contributed by atoms with van der Waals surface area (Å²) in [5, 5.41) is 6.04. The lowest BCUT2D eigenvalue weighted by Gasteiger charge is -2.19. The average molecular weight is 298 g/mol. The van der Waals surface area contributed by atoms with Crippen molar-refractivity contribution >= 4 is 11.7 Å². The van der Waals surface area contributed by atoms with Gasteiger partial charge >= 0.3 is 6.03 Å². The quantitative estimate of drug-likeness (QED) is 0.859. The van der Waals surface area contributed by atoms with Gasteiger partial charge in [0.15, 0.2) is 0 Å². The molecule has 1 aliphatic carbocycles. The number of para-hydroxylation sites is 1. The molecule has 1 atom stereocenters. The van der Waals surface area contributed by atoms with Crippen molar-refractivity contribution in [2.75, 3.05) is 5.32 Å². The molecule has 1 fully saturated rings. The van der Waals surface area contributed by atoms with E-state index in [2.05, 4.69) is 28.6 Å². The molecule has 1 aromatic carbocycles. The van der Waals surface area contributed by atoms with E-state index in [0.717, 1.165) is 18.7 Å². The number of aromatic nitrogens is 2. The predicted molar refractivity (Wildman–Crippen MR) is 86.9 cm³/mol. The highest BCUT2D eigenvalue weighted by Crippen LogP contribution is 2.43. The van der Waals surface area contributed by atoms with E-state index >= 15 is 0 Å². The Hall–Kier alpha value is -2.30. The molecule has 0 unspecified atom stereocenters. The SMILES string of the molecule is CC[C@H](Cn1ccnc1)NC(=O)Nc1ccccc1C1CC1. The van der Waals surface area contributed by atoms with Crippen LogP contribution in [0.15, 0.2) is 43.0 Å². The second-order valence-corrected chi connectivity index (χ2v) is 5.82. The van der Waals surface area contributed by atoms with Gasteiger partial charge in [0.05, 0.1) is 6.33 Å². The first-order chi connectivity index (χ1) is 10.8. The third kappa shape index (κ3) is 3.67. The fourth-order valence-electron chi connectivity index (χ4n) is 2.63. The van der Waals surface area contributed by atoms with E-state index in [1.807, 2.05) is 29.0 Å². The fourth-order valence-corrected chi connectivity index (χ4v) is 2.63. The lowest BCUT2D eigenvalue weighted by molar-refractivity contribution is 0.246. The van der Waals surface area contributed by atoms with Gasteiger partial charge < -0.3 is 15.2 Å². The summed E-state index contributed by atoms with van der Waals surface area (Å²) >= 11 is 0. The number of imidazole rings is 1. The predicted octanol–water partition coefficient (Wildman–Crippen LogP) is 3.36. The summed E-state index contributed by atoms with van der Waals surface area (Å²) in [4.78, 5) is 16.3. The van der Waals surface area contributed by atoms with Crippen LogP contribution in [0.25, 0.3) is 0 Å². The van der Waals surface area contributed by atoms with E-state index in [1.54, 1.807) is 12.5 Å². The lowest BCUT2D eigenvalue weighted by atomic mass is 10.1. The van der Waals surface area contributed by atoms with Crippen LogP contribution in [0.2, 0.25) is 0 Å². The molecule has 1 saturated carbocycles. The Labute approximate surface area is 130 Å². The molecule has 0 bridgehead atoms. The number of anilines is 1. The Morgan fingerprint density at radius 2 is 2.23 bits per heavy atom. The van der Waals surface area contributed by atoms with Crippen molar-refractivity contribution in [1.82, 2.24) is 14.9 Å². The number of nitrogens with one attached hydrogen (secondary N) is 2. The van der Waals surface area contributed by atoms with Gasteiger partial charge in [-0.1, -0.05) is 25.1 Å². The number of rotatable bonds is 6. The van der Waals surface area contributed by atoms with E-state index < -0.39 is 0 Å². The second kappa shape index (κ2) is 6.64. The number of hydrogen-bond donors (Lipinski definition) is 2. The Bertz CT molecular complexity index is 619. The van der Waals surface area contributed by atoms with Gasteiger partial charge in [-0.25, -0.2) is 9.78 Å².